The maximum Gasteiger partial charge on any atom is 0.274 e. The van der Waals surface area contributed by atoms with E-state index in [1.807, 2.05) is 0 Å². The van der Waals surface area contributed by atoms with Crippen molar-refractivity contribution in [3.05, 3.63) is 43.7 Å². The lowest BCUT2D eigenvalue weighted by Gasteiger charge is -1.89. The van der Waals surface area contributed by atoms with Gasteiger partial charge in [0.15, 0.2) is 0 Å². The molecule has 2 heterocycles. The number of hydrogen-bond donors (Lipinski definition) is 0. The molecule has 2 rings (SSSR count). The normalized spacial score (nSPS) is 11.3. The lowest BCUT2D eigenvalue weighted by molar-refractivity contribution is 0.768. The van der Waals surface area contributed by atoms with Gasteiger partial charge in [-0.15, -0.1) is 0 Å². The number of rotatable bonds is 0. The van der Waals surface area contributed by atoms with E-state index in [1.165, 1.54) is 15.1 Å². The van der Waals surface area contributed by atoms with Crippen molar-refractivity contribution in [2.45, 2.75) is 20.8 Å². The molecule has 13 heavy (non-hydrogen) atoms. The van der Waals surface area contributed by atoms with Gasteiger partial charge in [0.05, 0.1) is 0 Å². The van der Waals surface area contributed by atoms with E-state index in [9.17, 15) is 9.59 Å². The van der Waals surface area contributed by atoms with Crippen LogP contribution in [0.25, 0.3) is 0 Å². The maximum atomic E-state index is 11.6. The molecule has 0 saturated carbocycles. The lowest BCUT2D eigenvalue weighted by atomic mass is 10.3. The van der Waals surface area contributed by atoms with Crippen LogP contribution in [0.4, 0.5) is 0 Å². The summed E-state index contributed by atoms with van der Waals surface area (Å²) in [6, 6.07) is 1.47. The Hall–Kier alpha value is -1.58. The van der Waals surface area contributed by atoms with E-state index in [0.29, 0.717) is 11.3 Å². The molecule has 0 fully saturated rings. The second-order valence-electron chi connectivity index (χ2n) is 3.26. The first-order valence-corrected chi connectivity index (χ1v) is 4.08. The highest BCUT2D eigenvalue weighted by Gasteiger charge is 2.13. The van der Waals surface area contributed by atoms with E-state index in [0.717, 1.165) is 5.69 Å². The minimum atomic E-state index is -0.139. The van der Waals surface area contributed by atoms with E-state index >= 15 is 0 Å². The molecule has 0 atom stereocenters. The van der Waals surface area contributed by atoms with E-state index in [4.69, 9.17) is 0 Å². The van der Waals surface area contributed by atoms with Crippen LogP contribution >= 0.6 is 0 Å². The van der Waals surface area contributed by atoms with E-state index in [-0.39, 0.29) is 11.1 Å². The number of hydrogen-bond acceptors (Lipinski definition) is 2. The first-order chi connectivity index (χ1) is 6.04. The predicted octanol–water partition coefficient (Wildman–Crippen LogP) is 0.122. The van der Waals surface area contributed by atoms with Gasteiger partial charge >= 0.3 is 0 Å². The number of aryl methyl sites for hydroxylation is 2. The standard InChI is InChI=1S/C9H10N2O2/c1-5-4-8(12)11-7(3)6(2)9(13)10(5)11/h4H,1-3H3. The van der Waals surface area contributed by atoms with Crippen LogP contribution in [0.3, 0.4) is 0 Å². The Morgan fingerprint density at radius 2 is 1.69 bits per heavy atom. The molecule has 0 aliphatic rings. The molecule has 0 aliphatic carbocycles. The number of nitrogens with zero attached hydrogens (tertiary/aromatic N) is 2. The van der Waals surface area contributed by atoms with Crippen molar-refractivity contribution in [3.63, 3.8) is 0 Å². The summed E-state index contributed by atoms with van der Waals surface area (Å²) >= 11 is 0. The van der Waals surface area contributed by atoms with Crippen LogP contribution in [0.5, 0.6) is 0 Å². The molecule has 0 unspecified atom stereocenters. The summed E-state index contributed by atoms with van der Waals surface area (Å²) in [5.41, 5.74) is 1.81. The van der Waals surface area contributed by atoms with Crippen LogP contribution in [-0.4, -0.2) is 9.03 Å². The summed E-state index contributed by atoms with van der Waals surface area (Å²) in [6.45, 7) is 5.26. The molecule has 0 saturated heterocycles. The van der Waals surface area contributed by atoms with E-state index in [1.54, 1.807) is 20.8 Å². The van der Waals surface area contributed by atoms with Crippen LogP contribution in [0, 0.1) is 20.8 Å². The minimum absolute atomic E-state index is 0.0999. The smallest absolute Gasteiger partial charge is 0.267 e. The van der Waals surface area contributed by atoms with Crippen molar-refractivity contribution in [2.75, 3.05) is 0 Å². The Morgan fingerprint density at radius 1 is 1.08 bits per heavy atom. The fraction of sp³-hybridized carbons (Fsp3) is 0.333. The average Bonchev–Trinajstić information content (AvgIpc) is 2.47. The molecule has 0 spiro atoms. The van der Waals surface area contributed by atoms with Gasteiger partial charge in [0.2, 0.25) is 0 Å². The van der Waals surface area contributed by atoms with Crippen molar-refractivity contribution < 1.29 is 0 Å². The molecule has 0 aliphatic heterocycles. The molecule has 0 amide bonds. The first kappa shape index (κ1) is 8.04. The zero-order valence-corrected chi connectivity index (χ0v) is 7.79. The van der Waals surface area contributed by atoms with Crippen LogP contribution < -0.4 is 11.1 Å². The molecule has 0 radical (unpaired) electrons. The quantitative estimate of drug-likeness (QED) is 0.575. The zero-order chi connectivity index (χ0) is 9.75. The third-order valence-corrected chi connectivity index (χ3v) is 2.45. The molecular formula is C9H10N2O2. The molecule has 2 aromatic heterocycles. The third-order valence-electron chi connectivity index (χ3n) is 2.45. The Morgan fingerprint density at radius 3 is 2.23 bits per heavy atom. The number of fused-ring (bicyclic) bond motifs is 1. The largest absolute Gasteiger partial charge is 0.274 e. The highest BCUT2D eigenvalue weighted by atomic mass is 16.2. The van der Waals surface area contributed by atoms with Gasteiger partial charge in [-0.1, -0.05) is 0 Å². The SMILES string of the molecule is Cc1c(C)n2c(=O)cc(C)n2c1=O. The topological polar surface area (TPSA) is 43.0 Å². The molecule has 4 nitrogen and oxygen atoms in total. The van der Waals surface area contributed by atoms with Gasteiger partial charge in [-0.05, 0) is 20.8 Å². The van der Waals surface area contributed by atoms with Crippen LogP contribution in [0.1, 0.15) is 17.0 Å². The fourth-order valence-electron chi connectivity index (χ4n) is 1.60. The molecule has 0 N–H and O–H groups in total. The summed E-state index contributed by atoms with van der Waals surface area (Å²) in [5, 5.41) is 0. The second kappa shape index (κ2) is 2.22. The fourth-order valence-corrected chi connectivity index (χ4v) is 1.60. The summed E-state index contributed by atoms with van der Waals surface area (Å²) in [7, 11) is 0. The highest BCUT2D eigenvalue weighted by Crippen LogP contribution is 2.01. The van der Waals surface area contributed by atoms with Gasteiger partial charge in [0.1, 0.15) is 0 Å². The van der Waals surface area contributed by atoms with Crippen molar-refractivity contribution in [1.82, 2.24) is 9.03 Å². The lowest BCUT2D eigenvalue weighted by Crippen LogP contribution is -2.15. The summed E-state index contributed by atoms with van der Waals surface area (Å²) < 4.78 is 2.82. The highest BCUT2D eigenvalue weighted by molar-refractivity contribution is 5.19. The predicted molar refractivity (Wildman–Crippen MR) is 48.8 cm³/mol. The second-order valence-corrected chi connectivity index (χ2v) is 3.26. The van der Waals surface area contributed by atoms with Crippen molar-refractivity contribution >= 4 is 0 Å². The van der Waals surface area contributed by atoms with Crippen LogP contribution in [-0.2, 0) is 0 Å². The zero-order valence-electron chi connectivity index (χ0n) is 7.79. The summed E-state index contributed by atoms with van der Waals surface area (Å²) in [6.07, 6.45) is 0. The van der Waals surface area contributed by atoms with Crippen molar-refractivity contribution in [1.29, 1.82) is 0 Å². The third kappa shape index (κ3) is 0.798. The van der Waals surface area contributed by atoms with Crippen LogP contribution in [0.15, 0.2) is 15.7 Å². The van der Waals surface area contributed by atoms with Gasteiger partial charge in [0.25, 0.3) is 11.1 Å². The van der Waals surface area contributed by atoms with Gasteiger partial charge in [-0.2, -0.15) is 0 Å². The first-order valence-electron chi connectivity index (χ1n) is 4.08. The van der Waals surface area contributed by atoms with E-state index in [2.05, 4.69) is 0 Å². The average molecular weight is 178 g/mol. The Balaban J connectivity index is 3.24. The summed E-state index contributed by atoms with van der Waals surface area (Å²) in [5.74, 6) is 0. The Labute approximate surface area is 74.4 Å². The Bertz CT molecular complexity index is 577. The Kier molecular flexibility index (Phi) is 1.37. The molecule has 0 aromatic carbocycles. The van der Waals surface area contributed by atoms with Gasteiger partial charge < -0.3 is 0 Å². The van der Waals surface area contributed by atoms with Gasteiger partial charge in [-0.25, -0.2) is 9.03 Å². The molecular weight excluding hydrogens is 168 g/mol. The molecule has 68 valence electrons. The maximum absolute atomic E-state index is 11.6. The summed E-state index contributed by atoms with van der Waals surface area (Å²) in [4.78, 5) is 23.0. The minimum Gasteiger partial charge on any atom is -0.267 e. The van der Waals surface area contributed by atoms with Crippen molar-refractivity contribution in [3.8, 4) is 0 Å². The van der Waals surface area contributed by atoms with E-state index < -0.39 is 0 Å². The molecule has 4 heteroatoms. The molecule has 2 aromatic rings. The van der Waals surface area contributed by atoms with Crippen molar-refractivity contribution in [2.24, 2.45) is 0 Å². The monoisotopic (exact) mass is 178 g/mol. The number of aromatic nitrogens is 2. The van der Waals surface area contributed by atoms with Crippen LogP contribution in [0.2, 0.25) is 0 Å². The van der Waals surface area contributed by atoms with Gasteiger partial charge in [-0.3, -0.25) is 9.59 Å². The van der Waals surface area contributed by atoms with Gasteiger partial charge in [0, 0.05) is 23.0 Å². The molecule has 0 bridgehead atoms.